The average Bonchev–Trinajstić information content (AvgIpc) is 2.89. The Morgan fingerprint density at radius 3 is 2.25 bits per heavy atom. The summed E-state index contributed by atoms with van der Waals surface area (Å²) >= 11 is 0. The molecule has 0 aliphatic carbocycles. The fraction of sp³-hybridized carbons (Fsp3) is 0.312. The topological polar surface area (TPSA) is 68.3 Å². The van der Waals surface area contributed by atoms with Crippen LogP contribution in [0.2, 0.25) is 0 Å². The number of hydrogen-bond donors (Lipinski definition) is 2. The molecule has 4 nitrogen and oxygen atoms in total. The number of anilines is 1. The fourth-order valence-electron chi connectivity index (χ4n) is 1.86. The predicted molar refractivity (Wildman–Crippen MR) is 79.8 cm³/mol. The first-order valence-electron chi connectivity index (χ1n) is 6.74. The van der Waals surface area contributed by atoms with Gasteiger partial charge in [-0.15, -0.1) is 0 Å². The van der Waals surface area contributed by atoms with Crippen LogP contribution < -0.4 is 11.1 Å². The lowest BCUT2D eigenvalue weighted by Gasteiger charge is -2.07. The third kappa shape index (κ3) is 3.27. The molecule has 1 atom stereocenters. The monoisotopic (exact) mass is 272 g/mol. The summed E-state index contributed by atoms with van der Waals surface area (Å²) < 4.78 is 5.40. The van der Waals surface area contributed by atoms with E-state index in [1.807, 2.05) is 31.2 Å². The molecular formula is C16H20N2O2. The van der Waals surface area contributed by atoms with Crippen LogP contribution in [0, 0.1) is 0 Å². The molecule has 0 fully saturated rings. The van der Waals surface area contributed by atoms with Gasteiger partial charge in [0.05, 0.1) is 6.04 Å². The second kappa shape index (κ2) is 5.92. The number of furan rings is 1. The average molecular weight is 272 g/mol. The van der Waals surface area contributed by atoms with Crippen molar-refractivity contribution in [1.29, 1.82) is 0 Å². The molecule has 0 radical (unpaired) electrons. The van der Waals surface area contributed by atoms with Gasteiger partial charge < -0.3 is 15.5 Å². The van der Waals surface area contributed by atoms with Crippen molar-refractivity contribution in [2.75, 3.05) is 5.32 Å². The molecule has 4 heteroatoms. The van der Waals surface area contributed by atoms with E-state index in [1.165, 1.54) is 5.56 Å². The van der Waals surface area contributed by atoms with Gasteiger partial charge in [-0.1, -0.05) is 26.0 Å². The number of amides is 1. The maximum Gasteiger partial charge on any atom is 0.291 e. The summed E-state index contributed by atoms with van der Waals surface area (Å²) in [6.07, 6.45) is 0. The van der Waals surface area contributed by atoms with Crippen LogP contribution >= 0.6 is 0 Å². The number of nitrogens with two attached hydrogens (primary N) is 1. The number of hydrogen-bond acceptors (Lipinski definition) is 3. The zero-order chi connectivity index (χ0) is 14.7. The molecule has 3 N–H and O–H groups in total. The highest BCUT2D eigenvalue weighted by Gasteiger charge is 2.13. The molecule has 0 saturated carbocycles. The summed E-state index contributed by atoms with van der Waals surface area (Å²) in [5, 5.41) is 2.80. The van der Waals surface area contributed by atoms with Crippen molar-refractivity contribution in [3.63, 3.8) is 0 Å². The highest BCUT2D eigenvalue weighted by molar-refractivity contribution is 6.02. The molecule has 106 valence electrons. The molecule has 0 aliphatic heterocycles. The van der Waals surface area contributed by atoms with Crippen LogP contribution in [-0.4, -0.2) is 5.91 Å². The van der Waals surface area contributed by atoms with E-state index in [0.29, 0.717) is 11.7 Å². The zero-order valence-electron chi connectivity index (χ0n) is 12.0. The molecular weight excluding hydrogens is 252 g/mol. The summed E-state index contributed by atoms with van der Waals surface area (Å²) in [5.74, 6) is 1.07. The van der Waals surface area contributed by atoms with Gasteiger partial charge in [0, 0.05) is 5.69 Å². The zero-order valence-corrected chi connectivity index (χ0v) is 12.0. The van der Waals surface area contributed by atoms with E-state index in [4.69, 9.17) is 10.2 Å². The van der Waals surface area contributed by atoms with E-state index < -0.39 is 0 Å². The lowest BCUT2D eigenvalue weighted by molar-refractivity contribution is 0.0994. The summed E-state index contributed by atoms with van der Waals surface area (Å²) in [5.41, 5.74) is 7.68. The Morgan fingerprint density at radius 1 is 1.10 bits per heavy atom. The van der Waals surface area contributed by atoms with Gasteiger partial charge >= 0.3 is 0 Å². The second-order valence-corrected chi connectivity index (χ2v) is 5.22. The molecule has 20 heavy (non-hydrogen) atoms. The van der Waals surface area contributed by atoms with E-state index in [9.17, 15) is 4.79 Å². The van der Waals surface area contributed by atoms with E-state index in [-0.39, 0.29) is 17.7 Å². The number of nitrogens with one attached hydrogen (secondary N) is 1. The summed E-state index contributed by atoms with van der Waals surface area (Å²) in [6.45, 7) is 6.07. The van der Waals surface area contributed by atoms with Gasteiger partial charge in [-0.05, 0) is 42.7 Å². The predicted octanol–water partition coefficient (Wildman–Crippen LogP) is 3.68. The first-order valence-corrected chi connectivity index (χ1v) is 6.74. The molecule has 1 unspecified atom stereocenters. The van der Waals surface area contributed by atoms with Gasteiger partial charge in [0.15, 0.2) is 5.76 Å². The van der Waals surface area contributed by atoms with Crippen molar-refractivity contribution in [1.82, 2.24) is 0 Å². The van der Waals surface area contributed by atoms with Crippen LogP contribution in [-0.2, 0) is 0 Å². The van der Waals surface area contributed by atoms with E-state index in [2.05, 4.69) is 19.2 Å². The Bertz CT molecular complexity index is 583. The molecule has 0 aliphatic rings. The molecule has 0 spiro atoms. The normalized spacial score (nSPS) is 12.4. The SMILES string of the molecule is CC(C)c1ccc(NC(=O)c2ccc(C(C)N)o2)cc1. The van der Waals surface area contributed by atoms with Gasteiger partial charge in [0.2, 0.25) is 0 Å². The quantitative estimate of drug-likeness (QED) is 0.892. The van der Waals surface area contributed by atoms with Crippen LogP contribution in [0.3, 0.4) is 0 Å². The molecule has 1 aromatic heterocycles. The maximum atomic E-state index is 12.0. The van der Waals surface area contributed by atoms with Crippen molar-refractivity contribution in [2.24, 2.45) is 5.73 Å². The fourth-order valence-corrected chi connectivity index (χ4v) is 1.86. The third-order valence-corrected chi connectivity index (χ3v) is 3.13. The van der Waals surface area contributed by atoms with Gasteiger partial charge in [-0.3, -0.25) is 4.79 Å². The number of carbonyl (C=O) groups is 1. The summed E-state index contributed by atoms with van der Waals surface area (Å²) in [6, 6.07) is 10.9. The highest BCUT2D eigenvalue weighted by atomic mass is 16.4. The summed E-state index contributed by atoms with van der Waals surface area (Å²) in [4.78, 5) is 12.0. The highest BCUT2D eigenvalue weighted by Crippen LogP contribution is 2.19. The van der Waals surface area contributed by atoms with Crippen LogP contribution in [0.1, 0.15) is 54.6 Å². The maximum absolute atomic E-state index is 12.0. The Hall–Kier alpha value is -2.07. The molecule has 2 rings (SSSR count). The minimum absolute atomic E-state index is 0.220. The number of carbonyl (C=O) groups excluding carboxylic acids is 1. The Kier molecular flexibility index (Phi) is 4.25. The van der Waals surface area contributed by atoms with E-state index >= 15 is 0 Å². The Morgan fingerprint density at radius 2 is 1.75 bits per heavy atom. The van der Waals surface area contributed by atoms with E-state index in [1.54, 1.807) is 12.1 Å². The van der Waals surface area contributed by atoms with Crippen molar-refractivity contribution < 1.29 is 9.21 Å². The Labute approximate surface area is 119 Å². The van der Waals surface area contributed by atoms with E-state index in [0.717, 1.165) is 5.69 Å². The van der Waals surface area contributed by atoms with Gasteiger partial charge in [-0.2, -0.15) is 0 Å². The third-order valence-electron chi connectivity index (χ3n) is 3.13. The Balaban J connectivity index is 2.06. The van der Waals surface area contributed by atoms with Crippen LogP contribution in [0.25, 0.3) is 0 Å². The van der Waals surface area contributed by atoms with Crippen molar-refractivity contribution in [3.05, 3.63) is 53.5 Å². The minimum atomic E-state index is -0.269. The summed E-state index contributed by atoms with van der Waals surface area (Å²) in [7, 11) is 0. The molecule has 1 amide bonds. The van der Waals surface area contributed by atoms with Gasteiger partial charge in [0.25, 0.3) is 5.91 Å². The first kappa shape index (κ1) is 14.3. The number of rotatable bonds is 4. The minimum Gasteiger partial charge on any atom is -0.454 e. The van der Waals surface area contributed by atoms with Gasteiger partial charge in [-0.25, -0.2) is 0 Å². The lowest BCUT2D eigenvalue weighted by Crippen LogP contribution is -2.11. The van der Waals surface area contributed by atoms with Gasteiger partial charge in [0.1, 0.15) is 5.76 Å². The molecule has 0 saturated heterocycles. The van der Waals surface area contributed by atoms with Crippen LogP contribution in [0.15, 0.2) is 40.8 Å². The van der Waals surface area contributed by atoms with Crippen LogP contribution in [0.5, 0.6) is 0 Å². The first-order chi connectivity index (χ1) is 9.47. The van der Waals surface area contributed by atoms with Crippen molar-refractivity contribution in [2.45, 2.75) is 32.7 Å². The lowest BCUT2D eigenvalue weighted by atomic mass is 10.0. The smallest absolute Gasteiger partial charge is 0.291 e. The van der Waals surface area contributed by atoms with Crippen LogP contribution in [0.4, 0.5) is 5.69 Å². The largest absolute Gasteiger partial charge is 0.454 e. The molecule has 0 bridgehead atoms. The van der Waals surface area contributed by atoms with Crippen molar-refractivity contribution in [3.8, 4) is 0 Å². The molecule has 1 aromatic carbocycles. The second-order valence-electron chi connectivity index (χ2n) is 5.22. The molecule has 2 aromatic rings. The molecule has 1 heterocycles. The standard InChI is InChI=1S/C16H20N2O2/c1-10(2)12-4-6-13(7-5-12)18-16(19)15-9-8-14(20-15)11(3)17/h4-11H,17H2,1-3H3,(H,18,19). The number of benzene rings is 1. The van der Waals surface area contributed by atoms with Crippen molar-refractivity contribution >= 4 is 11.6 Å².